The number of carboxylic acids is 1. The lowest BCUT2D eigenvalue weighted by Gasteiger charge is -2.21. The van der Waals surface area contributed by atoms with Crippen LogP contribution in [0.15, 0.2) is 18.2 Å². The molecule has 0 aliphatic rings. The minimum Gasteiger partial charge on any atom is -0.478 e. The molecule has 0 unspecified atom stereocenters. The van der Waals surface area contributed by atoms with Crippen LogP contribution in [-0.2, 0) is 5.54 Å². The van der Waals surface area contributed by atoms with Crippen LogP contribution in [0.3, 0.4) is 0 Å². The van der Waals surface area contributed by atoms with Gasteiger partial charge in [-0.15, -0.1) is 0 Å². The summed E-state index contributed by atoms with van der Waals surface area (Å²) in [5, 5.41) is 13.7. The molecule has 0 spiro atoms. The lowest BCUT2D eigenvalue weighted by Crippen LogP contribution is -2.24. The summed E-state index contributed by atoms with van der Waals surface area (Å²) in [7, 11) is 0. The van der Waals surface area contributed by atoms with Crippen molar-refractivity contribution in [2.24, 2.45) is 0 Å². The molecule has 3 rings (SSSR count). The summed E-state index contributed by atoms with van der Waals surface area (Å²) < 4.78 is 1.99. The number of benzene rings is 1. The molecule has 6 heteroatoms. The summed E-state index contributed by atoms with van der Waals surface area (Å²) in [5.74, 6) is -0.232. The van der Waals surface area contributed by atoms with Gasteiger partial charge in [-0.1, -0.05) is 0 Å². The van der Waals surface area contributed by atoms with E-state index in [1.54, 1.807) is 18.2 Å². The lowest BCUT2D eigenvalue weighted by atomic mass is 10.1. The van der Waals surface area contributed by atoms with E-state index in [1.165, 1.54) is 0 Å². The summed E-state index contributed by atoms with van der Waals surface area (Å²) >= 11 is 0. The van der Waals surface area contributed by atoms with Gasteiger partial charge in [0.15, 0.2) is 0 Å². The standard InChI is InChI=1S/C17H20N4O2/c1-9-14(10(2)21(20-9)17(3,4)5)15-18-12-7-6-11(16(22)23)8-13(12)19-15/h6-8H,1-5H3,(H,18,19)(H,22,23). The van der Waals surface area contributed by atoms with Gasteiger partial charge in [-0.25, -0.2) is 9.78 Å². The molecule has 0 aliphatic carbocycles. The lowest BCUT2D eigenvalue weighted by molar-refractivity contribution is 0.0697. The Kier molecular flexibility index (Phi) is 3.28. The minimum absolute atomic E-state index is 0.115. The summed E-state index contributed by atoms with van der Waals surface area (Å²) in [5.41, 5.74) is 4.48. The highest BCUT2D eigenvalue weighted by Crippen LogP contribution is 2.30. The highest BCUT2D eigenvalue weighted by molar-refractivity contribution is 5.93. The van der Waals surface area contributed by atoms with Gasteiger partial charge in [-0.3, -0.25) is 4.68 Å². The number of aryl methyl sites for hydroxylation is 1. The van der Waals surface area contributed by atoms with Crippen molar-refractivity contribution in [3.63, 3.8) is 0 Å². The van der Waals surface area contributed by atoms with E-state index in [4.69, 9.17) is 5.11 Å². The number of fused-ring (bicyclic) bond motifs is 1. The summed E-state index contributed by atoms with van der Waals surface area (Å²) in [6, 6.07) is 4.89. The predicted molar refractivity (Wildman–Crippen MR) is 88.7 cm³/mol. The Morgan fingerprint density at radius 3 is 2.52 bits per heavy atom. The Hall–Kier alpha value is -2.63. The van der Waals surface area contributed by atoms with Gasteiger partial charge in [0.25, 0.3) is 0 Å². The molecule has 0 atom stereocenters. The number of aromatic amines is 1. The van der Waals surface area contributed by atoms with Gasteiger partial charge in [-0.05, 0) is 52.8 Å². The first-order valence-corrected chi connectivity index (χ1v) is 7.48. The molecular formula is C17H20N4O2. The number of nitrogens with zero attached hydrogens (tertiary/aromatic N) is 3. The number of rotatable bonds is 2. The van der Waals surface area contributed by atoms with Crippen molar-refractivity contribution >= 4 is 17.0 Å². The zero-order valence-corrected chi connectivity index (χ0v) is 13.9. The predicted octanol–water partition coefficient (Wildman–Crippen LogP) is 3.50. The molecule has 2 aromatic heterocycles. The Balaban J connectivity index is 2.18. The van der Waals surface area contributed by atoms with Crippen molar-refractivity contribution in [2.75, 3.05) is 0 Å². The molecule has 0 bridgehead atoms. The molecule has 0 radical (unpaired) electrons. The Labute approximate surface area is 134 Å². The number of aromatic carboxylic acids is 1. The fraction of sp³-hybridized carbons (Fsp3) is 0.353. The van der Waals surface area contributed by atoms with Gasteiger partial charge >= 0.3 is 5.97 Å². The van der Waals surface area contributed by atoms with Crippen LogP contribution in [0.4, 0.5) is 0 Å². The van der Waals surface area contributed by atoms with Gasteiger partial charge in [0.2, 0.25) is 0 Å². The molecule has 2 heterocycles. The first kappa shape index (κ1) is 15.3. The molecule has 120 valence electrons. The van der Waals surface area contributed by atoms with Crippen molar-refractivity contribution < 1.29 is 9.90 Å². The monoisotopic (exact) mass is 312 g/mol. The van der Waals surface area contributed by atoms with Crippen molar-refractivity contribution in [1.29, 1.82) is 0 Å². The van der Waals surface area contributed by atoms with E-state index in [-0.39, 0.29) is 11.1 Å². The maximum atomic E-state index is 11.1. The summed E-state index contributed by atoms with van der Waals surface area (Å²) in [6.45, 7) is 10.3. The topological polar surface area (TPSA) is 83.8 Å². The molecule has 2 N–H and O–H groups in total. The SMILES string of the molecule is Cc1nn(C(C)(C)C)c(C)c1-c1nc2ccc(C(=O)O)cc2[nH]1. The normalized spacial score (nSPS) is 12.0. The van der Waals surface area contributed by atoms with Crippen LogP contribution in [-0.4, -0.2) is 30.8 Å². The van der Waals surface area contributed by atoms with Crippen LogP contribution >= 0.6 is 0 Å². The average molecular weight is 312 g/mol. The van der Waals surface area contributed by atoms with E-state index in [9.17, 15) is 4.79 Å². The highest BCUT2D eigenvalue weighted by Gasteiger charge is 2.23. The van der Waals surface area contributed by atoms with Crippen molar-refractivity contribution in [3.8, 4) is 11.4 Å². The number of nitrogens with one attached hydrogen (secondary N) is 1. The second-order valence-electron chi connectivity index (χ2n) is 6.75. The van der Waals surface area contributed by atoms with Crippen LogP contribution in [0.25, 0.3) is 22.4 Å². The third-order valence-corrected chi connectivity index (χ3v) is 3.89. The van der Waals surface area contributed by atoms with Crippen LogP contribution in [0.2, 0.25) is 0 Å². The molecule has 0 saturated heterocycles. The number of aromatic nitrogens is 4. The summed E-state index contributed by atoms with van der Waals surface area (Å²) in [6.07, 6.45) is 0. The van der Waals surface area contributed by atoms with Gasteiger partial charge in [0.05, 0.1) is 33.4 Å². The highest BCUT2D eigenvalue weighted by atomic mass is 16.4. The fourth-order valence-electron chi connectivity index (χ4n) is 2.90. The van der Waals surface area contributed by atoms with Gasteiger partial charge in [0.1, 0.15) is 5.82 Å². The van der Waals surface area contributed by atoms with E-state index < -0.39 is 5.97 Å². The van der Waals surface area contributed by atoms with Gasteiger partial charge in [-0.2, -0.15) is 5.10 Å². The van der Waals surface area contributed by atoms with Crippen molar-refractivity contribution in [2.45, 2.75) is 40.2 Å². The third-order valence-electron chi connectivity index (χ3n) is 3.89. The quantitative estimate of drug-likeness (QED) is 0.758. The van der Waals surface area contributed by atoms with E-state index in [2.05, 4.69) is 35.8 Å². The van der Waals surface area contributed by atoms with Crippen molar-refractivity contribution in [3.05, 3.63) is 35.2 Å². The second kappa shape index (κ2) is 4.94. The zero-order chi connectivity index (χ0) is 16.9. The molecule has 23 heavy (non-hydrogen) atoms. The number of hydrogen-bond donors (Lipinski definition) is 2. The van der Waals surface area contributed by atoms with Gasteiger partial charge < -0.3 is 10.1 Å². The number of carbonyl (C=O) groups is 1. The smallest absolute Gasteiger partial charge is 0.335 e. The zero-order valence-electron chi connectivity index (χ0n) is 13.9. The average Bonchev–Trinajstić information content (AvgIpc) is 2.97. The number of carboxylic acid groups (broad SMARTS) is 1. The maximum absolute atomic E-state index is 11.1. The van der Waals surface area contributed by atoms with Crippen LogP contribution in [0.5, 0.6) is 0 Å². The third kappa shape index (κ3) is 2.50. The van der Waals surface area contributed by atoms with Crippen LogP contribution in [0, 0.1) is 13.8 Å². The Morgan fingerprint density at radius 1 is 1.26 bits per heavy atom. The van der Waals surface area contributed by atoms with E-state index in [0.29, 0.717) is 11.3 Å². The molecule has 0 saturated carbocycles. The largest absolute Gasteiger partial charge is 0.478 e. The maximum Gasteiger partial charge on any atom is 0.335 e. The molecule has 6 nitrogen and oxygen atoms in total. The molecular weight excluding hydrogens is 292 g/mol. The second-order valence-corrected chi connectivity index (χ2v) is 6.75. The fourth-order valence-corrected chi connectivity index (χ4v) is 2.90. The van der Waals surface area contributed by atoms with Crippen molar-refractivity contribution in [1.82, 2.24) is 19.7 Å². The van der Waals surface area contributed by atoms with E-state index in [1.807, 2.05) is 18.5 Å². The number of H-pyrrole nitrogens is 1. The Bertz CT molecular complexity index is 913. The molecule has 0 aliphatic heterocycles. The van der Waals surface area contributed by atoms with Gasteiger partial charge in [0, 0.05) is 5.69 Å². The first-order chi connectivity index (χ1) is 10.7. The molecule has 1 aromatic carbocycles. The van der Waals surface area contributed by atoms with Crippen LogP contribution < -0.4 is 0 Å². The van der Waals surface area contributed by atoms with Crippen LogP contribution in [0.1, 0.15) is 42.5 Å². The number of hydrogen-bond acceptors (Lipinski definition) is 3. The molecule has 3 aromatic rings. The first-order valence-electron chi connectivity index (χ1n) is 7.48. The molecule has 0 amide bonds. The number of imidazole rings is 1. The van der Waals surface area contributed by atoms with E-state index >= 15 is 0 Å². The summed E-state index contributed by atoms with van der Waals surface area (Å²) in [4.78, 5) is 18.9. The molecule has 0 fully saturated rings. The minimum atomic E-state index is -0.948. The Morgan fingerprint density at radius 2 is 1.96 bits per heavy atom. The van der Waals surface area contributed by atoms with E-state index in [0.717, 1.165) is 22.5 Å².